The molecule has 0 aromatic carbocycles. The molecule has 1 unspecified atom stereocenters. The maximum atomic E-state index is 11.8. The van der Waals surface area contributed by atoms with E-state index in [1.54, 1.807) is 0 Å². The number of carboxylic acids is 1. The van der Waals surface area contributed by atoms with Gasteiger partial charge in [-0.2, -0.15) is 0 Å². The van der Waals surface area contributed by atoms with Crippen molar-refractivity contribution in [2.24, 2.45) is 5.41 Å². The Hall–Kier alpha value is -1.11. The number of amides is 1. The third-order valence-electron chi connectivity index (χ3n) is 2.26. The number of carbonyl (C=O) groups excluding carboxylic acids is 1. The summed E-state index contributed by atoms with van der Waals surface area (Å²) < 4.78 is 23.5. The van der Waals surface area contributed by atoms with E-state index in [4.69, 9.17) is 5.11 Å². The fourth-order valence-electron chi connectivity index (χ4n) is 1.22. The third-order valence-corrected chi connectivity index (χ3v) is 3.93. The second kappa shape index (κ2) is 6.17. The van der Waals surface area contributed by atoms with Gasteiger partial charge in [0.25, 0.3) is 0 Å². The van der Waals surface area contributed by atoms with Crippen molar-refractivity contribution in [1.82, 2.24) is 5.32 Å². The molecule has 0 rings (SSSR count). The number of hydrogen-bond donors (Lipinski definition) is 2. The van der Waals surface area contributed by atoms with Crippen LogP contribution in [-0.2, 0) is 19.4 Å². The van der Waals surface area contributed by atoms with Gasteiger partial charge in [-0.05, 0) is 11.8 Å². The standard InChI is InChI=1S/C11H21NO5S/c1-8(13)12-9(10(14)15)7-18(16,17)6-5-11(2,3)4/h9H,5-7H2,1-4H3,(H,12,13)(H,14,15). The van der Waals surface area contributed by atoms with Crippen LogP contribution >= 0.6 is 0 Å². The molecule has 0 saturated heterocycles. The Morgan fingerprint density at radius 2 is 1.78 bits per heavy atom. The summed E-state index contributed by atoms with van der Waals surface area (Å²) in [5, 5.41) is 10.9. The van der Waals surface area contributed by atoms with Gasteiger partial charge < -0.3 is 10.4 Å². The molecular weight excluding hydrogens is 258 g/mol. The lowest BCUT2D eigenvalue weighted by Gasteiger charge is -2.19. The van der Waals surface area contributed by atoms with Crippen LogP contribution in [0.4, 0.5) is 0 Å². The normalized spacial score (nSPS) is 14.0. The minimum absolute atomic E-state index is 0.0835. The van der Waals surface area contributed by atoms with E-state index in [0.29, 0.717) is 6.42 Å². The second-order valence-electron chi connectivity index (χ2n) is 5.52. The SMILES string of the molecule is CC(=O)NC(CS(=O)(=O)CCC(C)(C)C)C(=O)O. The largest absolute Gasteiger partial charge is 0.480 e. The van der Waals surface area contributed by atoms with Crippen molar-refractivity contribution in [3.8, 4) is 0 Å². The molecule has 0 spiro atoms. The van der Waals surface area contributed by atoms with Gasteiger partial charge in [0.15, 0.2) is 9.84 Å². The molecule has 0 aromatic rings. The molecule has 106 valence electrons. The first kappa shape index (κ1) is 16.9. The van der Waals surface area contributed by atoms with Gasteiger partial charge in [0, 0.05) is 6.92 Å². The van der Waals surface area contributed by atoms with E-state index in [-0.39, 0.29) is 11.2 Å². The van der Waals surface area contributed by atoms with Crippen LogP contribution < -0.4 is 5.32 Å². The number of carbonyl (C=O) groups is 2. The first-order valence-electron chi connectivity index (χ1n) is 5.63. The Kier molecular flexibility index (Phi) is 5.79. The Morgan fingerprint density at radius 3 is 2.11 bits per heavy atom. The Bertz CT molecular complexity index is 408. The molecule has 18 heavy (non-hydrogen) atoms. The van der Waals surface area contributed by atoms with E-state index in [2.05, 4.69) is 5.32 Å². The maximum Gasteiger partial charge on any atom is 0.327 e. The van der Waals surface area contributed by atoms with Crippen LogP contribution in [0, 0.1) is 5.41 Å². The van der Waals surface area contributed by atoms with Crippen LogP contribution in [0.5, 0.6) is 0 Å². The van der Waals surface area contributed by atoms with Crippen LogP contribution in [0.25, 0.3) is 0 Å². The van der Waals surface area contributed by atoms with Gasteiger partial charge in [0.1, 0.15) is 6.04 Å². The predicted octanol–water partition coefficient (Wildman–Crippen LogP) is 0.427. The fraction of sp³-hybridized carbons (Fsp3) is 0.818. The molecule has 0 aromatic heterocycles. The van der Waals surface area contributed by atoms with Gasteiger partial charge in [0.2, 0.25) is 5.91 Å². The smallest absolute Gasteiger partial charge is 0.327 e. The topological polar surface area (TPSA) is 101 Å². The zero-order valence-corrected chi connectivity index (χ0v) is 12.0. The molecule has 0 bridgehead atoms. The summed E-state index contributed by atoms with van der Waals surface area (Å²) in [6, 6.07) is -1.38. The molecule has 0 saturated carbocycles. The lowest BCUT2D eigenvalue weighted by atomic mass is 9.94. The van der Waals surface area contributed by atoms with Gasteiger partial charge in [-0.1, -0.05) is 20.8 Å². The molecule has 0 heterocycles. The van der Waals surface area contributed by atoms with Gasteiger partial charge in [0.05, 0.1) is 11.5 Å². The number of hydrogen-bond acceptors (Lipinski definition) is 4. The van der Waals surface area contributed by atoms with Gasteiger partial charge in [-0.15, -0.1) is 0 Å². The molecule has 0 aliphatic heterocycles. The molecule has 6 nitrogen and oxygen atoms in total. The molecule has 0 aliphatic carbocycles. The fourth-order valence-corrected chi connectivity index (χ4v) is 3.04. The number of rotatable bonds is 6. The number of carboxylic acid groups (broad SMARTS) is 1. The number of nitrogens with one attached hydrogen (secondary N) is 1. The lowest BCUT2D eigenvalue weighted by molar-refractivity contribution is -0.140. The summed E-state index contributed by atoms with van der Waals surface area (Å²) >= 11 is 0. The van der Waals surface area contributed by atoms with Crippen molar-refractivity contribution in [3.05, 3.63) is 0 Å². The Morgan fingerprint density at radius 1 is 1.28 bits per heavy atom. The summed E-state index contributed by atoms with van der Waals surface area (Å²) in [5.41, 5.74) is -0.139. The highest BCUT2D eigenvalue weighted by atomic mass is 32.2. The van der Waals surface area contributed by atoms with E-state index in [1.165, 1.54) is 0 Å². The zero-order valence-electron chi connectivity index (χ0n) is 11.2. The van der Waals surface area contributed by atoms with Crippen molar-refractivity contribution in [2.75, 3.05) is 11.5 Å². The first-order chi connectivity index (χ1) is 7.93. The van der Waals surface area contributed by atoms with Gasteiger partial charge in [-0.3, -0.25) is 4.79 Å². The zero-order chi connectivity index (χ0) is 14.6. The van der Waals surface area contributed by atoms with Crippen LogP contribution in [0.1, 0.15) is 34.1 Å². The van der Waals surface area contributed by atoms with Crippen molar-refractivity contribution in [2.45, 2.75) is 40.2 Å². The summed E-state index contributed by atoms with van der Waals surface area (Å²) in [4.78, 5) is 21.6. The van der Waals surface area contributed by atoms with E-state index >= 15 is 0 Å². The first-order valence-corrected chi connectivity index (χ1v) is 7.45. The molecule has 2 N–H and O–H groups in total. The van der Waals surface area contributed by atoms with Crippen molar-refractivity contribution in [1.29, 1.82) is 0 Å². The van der Waals surface area contributed by atoms with Crippen molar-refractivity contribution in [3.63, 3.8) is 0 Å². The number of sulfone groups is 1. The molecular formula is C11H21NO5S. The Labute approximate surface area is 108 Å². The highest BCUT2D eigenvalue weighted by Crippen LogP contribution is 2.19. The van der Waals surface area contributed by atoms with Crippen LogP contribution in [0.15, 0.2) is 0 Å². The molecule has 1 amide bonds. The van der Waals surface area contributed by atoms with E-state index in [9.17, 15) is 18.0 Å². The van der Waals surface area contributed by atoms with E-state index in [1.807, 2.05) is 20.8 Å². The number of aliphatic carboxylic acids is 1. The predicted molar refractivity (Wildman–Crippen MR) is 68.0 cm³/mol. The summed E-state index contributed by atoms with van der Waals surface area (Å²) in [6.45, 7) is 6.87. The average Bonchev–Trinajstić information content (AvgIpc) is 2.11. The molecule has 0 fully saturated rings. The summed E-state index contributed by atoms with van der Waals surface area (Å²) in [7, 11) is -3.50. The highest BCUT2D eigenvalue weighted by Gasteiger charge is 2.27. The van der Waals surface area contributed by atoms with Crippen LogP contribution in [0.2, 0.25) is 0 Å². The van der Waals surface area contributed by atoms with Gasteiger partial charge in [-0.25, -0.2) is 13.2 Å². The molecule has 1 atom stereocenters. The van der Waals surface area contributed by atoms with Crippen LogP contribution in [-0.4, -0.2) is 42.9 Å². The van der Waals surface area contributed by atoms with E-state index in [0.717, 1.165) is 6.92 Å². The average molecular weight is 279 g/mol. The van der Waals surface area contributed by atoms with E-state index < -0.39 is 33.5 Å². The lowest BCUT2D eigenvalue weighted by Crippen LogP contribution is -2.45. The van der Waals surface area contributed by atoms with Gasteiger partial charge >= 0.3 is 5.97 Å². The minimum atomic E-state index is -3.50. The molecule has 7 heteroatoms. The highest BCUT2D eigenvalue weighted by molar-refractivity contribution is 7.91. The van der Waals surface area contributed by atoms with Crippen molar-refractivity contribution >= 4 is 21.7 Å². The third kappa shape index (κ3) is 8.05. The Balaban J connectivity index is 4.62. The minimum Gasteiger partial charge on any atom is -0.480 e. The summed E-state index contributed by atoms with van der Waals surface area (Å²) in [6.07, 6.45) is 0.446. The van der Waals surface area contributed by atoms with Crippen LogP contribution in [0.3, 0.4) is 0 Å². The maximum absolute atomic E-state index is 11.8. The monoisotopic (exact) mass is 279 g/mol. The molecule has 0 radical (unpaired) electrons. The van der Waals surface area contributed by atoms with Crippen molar-refractivity contribution < 1.29 is 23.1 Å². The quantitative estimate of drug-likeness (QED) is 0.734. The molecule has 0 aliphatic rings. The second-order valence-corrected chi connectivity index (χ2v) is 7.75. The summed E-state index contributed by atoms with van der Waals surface area (Å²) in [5.74, 6) is -2.56.